The Morgan fingerprint density at radius 3 is 2.01 bits per heavy atom. The lowest BCUT2D eigenvalue weighted by atomic mass is 9.96. The van der Waals surface area contributed by atoms with Gasteiger partial charge in [-0.2, -0.15) is 0 Å². The van der Waals surface area contributed by atoms with Crippen molar-refractivity contribution in [3.8, 4) is 23.0 Å². The summed E-state index contributed by atoms with van der Waals surface area (Å²) >= 11 is 0. The first-order valence-corrected chi connectivity index (χ1v) is 24.6. The predicted molar refractivity (Wildman–Crippen MR) is 266 cm³/mol. The Morgan fingerprint density at radius 2 is 1.34 bits per heavy atom. The molecule has 0 aliphatic carbocycles. The van der Waals surface area contributed by atoms with E-state index in [1.54, 1.807) is 12.1 Å². The summed E-state index contributed by atoms with van der Waals surface area (Å²) in [6.07, 6.45) is 7.65. The second-order valence-electron chi connectivity index (χ2n) is 18.5. The van der Waals surface area contributed by atoms with Crippen LogP contribution in [0, 0.1) is 0 Å². The number of rotatable bonds is 25. The average Bonchev–Trinajstić information content (AvgIpc) is 3.34. The van der Waals surface area contributed by atoms with Crippen molar-refractivity contribution in [2.24, 2.45) is 0 Å². The van der Waals surface area contributed by atoms with E-state index in [9.17, 15) is 50.4 Å². The number of phenols is 2. The van der Waals surface area contributed by atoms with Crippen molar-refractivity contribution >= 4 is 27.9 Å². The molecule has 392 valence electrons. The van der Waals surface area contributed by atoms with Gasteiger partial charge in [-0.05, 0) is 85.1 Å². The van der Waals surface area contributed by atoms with Crippen molar-refractivity contribution in [3.05, 3.63) is 93.2 Å². The molecule has 2 aliphatic rings. The molecule has 10 atom stereocenters. The van der Waals surface area contributed by atoms with Crippen molar-refractivity contribution in [1.29, 1.82) is 0 Å². The second kappa shape index (κ2) is 27.7. The minimum absolute atomic E-state index is 0.0157. The summed E-state index contributed by atoms with van der Waals surface area (Å²) < 4.78 is 41.2. The molecule has 3 heterocycles. The highest BCUT2D eigenvalue weighted by molar-refractivity contribution is 6.00. The Labute approximate surface area is 414 Å². The molecule has 8 N–H and O–H groups in total. The van der Waals surface area contributed by atoms with E-state index in [1.807, 2.05) is 33.8 Å². The van der Waals surface area contributed by atoms with Crippen LogP contribution in [-0.4, -0.2) is 129 Å². The first kappa shape index (κ1) is 56.8. The number of carbonyl (C=O) groups is 1. The van der Waals surface area contributed by atoms with Gasteiger partial charge in [0.05, 0.1) is 19.1 Å². The highest BCUT2D eigenvalue weighted by Crippen LogP contribution is 2.42. The number of hydrogen-bond acceptors (Lipinski definition) is 17. The quantitative estimate of drug-likeness (QED) is 0.0194. The summed E-state index contributed by atoms with van der Waals surface area (Å²) in [7, 11) is 1.38. The molecular weight excluding hydrogens is 921 g/mol. The van der Waals surface area contributed by atoms with Crippen molar-refractivity contribution in [2.45, 2.75) is 173 Å². The zero-order chi connectivity index (χ0) is 51.8. The number of aromatic hydroxyl groups is 2. The van der Waals surface area contributed by atoms with Gasteiger partial charge >= 0.3 is 5.97 Å². The van der Waals surface area contributed by atoms with Crippen molar-refractivity contribution in [2.75, 3.05) is 20.3 Å². The number of unbranched alkanes of at least 4 members (excludes halogenated alkanes) is 5. The molecule has 71 heavy (non-hydrogen) atoms. The third kappa shape index (κ3) is 15.0. The van der Waals surface area contributed by atoms with E-state index in [4.69, 9.17) is 32.8 Å². The normalized spacial score (nSPS) is 24.8. The first-order valence-electron chi connectivity index (χ1n) is 24.6. The van der Waals surface area contributed by atoms with Crippen LogP contribution in [0.4, 0.5) is 0 Å². The van der Waals surface area contributed by atoms with Gasteiger partial charge in [-0.15, -0.1) is 0 Å². The van der Waals surface area contributed by atoms with Gasteiger partial charge in [0.25, 0.3) is 0 Å². The Hall–Kier alpha value is -5.08. The van der Waals surface area contributed by atoms with Crippen LogP contribution < -0.4 is 14.9 Å². The summed E-state index contributed by atoms with van der Waals surface area (Å²) in [5, 5.41) is 87.4. The SMILES string of the molecule is CC/C=C\C/C=C\C/C=C\CCCCCCCC(=O)OC[C@H]1O[C@@H](Oc2cc(O)c3oc4c(OC)cc(CC=C(C)C)c(O)c4c(=O)c3c2CC=C(C)C)[C@H](O)[C@@H](O)[C@@H]1O[C@@H]1O[C@H](CO)[C@@H](O)[C@H](O)[C@H]1O. The van der Waals surface area contributed by atoms with Gasteiger partial charge < -0.3 is 73.7 Å². The molecule has 0 bridgehead atoms. The van der Waals surface area contributed by atoms with Gasteiger partial charge in [-0.3, -0.25) is 9.59 Å². The molecule has 2 aliphatic heterocycles. The molecule has 0 radical (unpaired) electrons. The standard InChI is InChI=1S/C54H74O17/c1-7-8-9-10-11-12-13-14-15-16-17-18-19-20-21-22-40(57)66-30-39-52(71-54-48(63)46(61)44(59)38(29-55)68-54)47(62)49(64)53(69-39)67-36-28-35(56)50-41(34(36)26-24-32(4)5)45(60)42-43(58)33(25-23-31(2)3)27-37(65-6)51(42)70-50/h8-9,11-12,14-15,23-24,27-28,38-39,44,46-49,52-56,58-59,61-64H,7,10,13,16-22,25-26,29-30H2,1-6H3/b9-8-,12-11-,15-14-/t38-,39-,44-,46+,47-,48-,49-,52-,53-,54+/m1/s1. The number of hydrogen-bond donors (Lipinski definition) is 8. The lowest BCUT2D eigenvalue weighted by Gasteiger charge is -2.46. The maximum absolute atomic E-state index is 14.7. The third-order valence-corrected chi connectivity index (χ3v) is 12.4. The maximum Gasteiger partial charge on any atom is 0.305 e. The number of aliphatic hydroxyl groups is 6. The second-order valence-corrected chi connectivity index (χ2v) is 18.5. The van der Waals surface area contributed by atoms with Crippen LogP contribution >= 0.6 is 0 Å². The fraction of sp³-hybridized carbons (Fsp3) is 0.556. The Kier molecular flexibility index (Phi) is 22.1. The number of esters is 1. The third-order valence-electron chi connectivity index (χ3n) is 12.4. The minimum Gasteiger partial charge on any atom is -0.507 e. The summed E-state index contributed by atoms with van der Waals surface area (Å²) in [4.78, 5) is 27.8. The van der Waals surface area contributed by atoms with Crippen molar-refractivity contribution in [3.63, 3.8) is 0 Å². The van der Waals surface area contributed by atoms with Crippen LogP contribution in [0.3, 0.4) is 0 Å². The number of phenolic OH excluding ortho intramolecular Hbond substituents is 2. The molecule has 0 amide bonds. The average molecular weight is 995 g/mol. The molecule has 2 fully saturated rings. The van der Waals surface area contributed by atoms with Crippen molar-refractivity contribution < 1.29 is 78.5 Å². The maximum atomic E-state index is 14.7. The monoisotopic (exact) mass is 994 g/mol. The van der Waals surface area contributed by atoms with Crippen LogP contribution in [0.1, 0.15) is 110 Å². The number of methoxy groups -OCH3 is 1. The van der Waals surface area contributed by atoms with Gasteiger partial charge in [0.1, 0.15) is 72.3 Å². The lowest BCUT2D eigenvalue weighted by molar-refractivity contribution is -0.352. The molecule has 5 rings (SSSR count). The topological polar surface area (TPSA) is 264 Å². The summed E-state index contributed by atoms with van der Waals surface area (Å²) in [6.45, 7) is 8.21. The summed E-state index contributed by atoms with van der Waals surface area (Å²) in [5.41, 5.74) is 1.28. The molecule has 0 spiro atoms. The molecule has 3 aromatic rings. The van der Waals surface area contributed by atoms with Gasteiger partial charge in [0.15, 0.2) is 29.0 Å². The van der Waals surface area contributed by atoms with Gasteiger partial charge in [-0.25, -0.2) is 0 Å². The molecule has 2 saturated heterocycles. The van der Waals surface area contributed by atoms with E-state index in [1.165, 1.54) is 7.11 Å². The van der Waals surface area contributed by atoms with E-state index in [2.05, 4.69) is 43.4 Å². The van der Waals surface area contributed by atoms with Crippen molar-refractivity contribution in [1.82, 2.24) is 0 Å². The highest BCUT2D eigenvalue weighted by Gasteiger charge is 2.51. The molecular formula is C54H74O17. The highest BCUT2D eigenvalue weighted by atomic mass is 16.7. The fourth-order valence-electron chi connectivity index (χ4n) is 8.37. The van der Waals surface area contributed by atoms with E-state index in [0.29, 0.717) is 12.0 Å². The largest absolute Gasteiger partial charge is 0.507 e. The predicted octanol–water partition coefficient (Wildman–Crippen LogP) is 6.53. The number of fused-ring (bicyclic) bond motifs is 2. The number of aliphatic hydroxyl groups excluding tert-OH is 6. The molecule has 17 nitrogen and oxygen atoms in total. The molecule has 0 saturated carbocycles. The van der Waals surface area contributed by atoms with Crippen LogP contribution in [0.5, 0.6) is 23.0 Å². The number of carbonyl (C=O) groups excluding carboxylic acids is 1. The Balaban J connectivity index is 1.38. The molecule has 1 aromatic heterocycles. The Morgan fingerprint density at radius 1 is 0.704 bits per heavy atom. The Bertz CT molecular complexity index is 2420. The first-order chi connectivity index (χ1) is 34.0. The zero-order valence-corrected chi connectivity index (χ0v) is 41.7. The van der Waals surface area contributed by atoms with E-state index in [-0.39, 0.29) is 64.0 Å². The number of ether oxygens (including phenoxy) is 6. The summed E-state index contributed by atoms with van der Waals surface area (Å²) in [5.74, 6) is -1.53. The van der Waals surface area contributed by atoms with Gasteiger partial charge in [0.2, 0.25) is 11.7 Å². The van der Waals surface area contributed by atoms with Crippen LogP contribution in [0.2, 0.25) is 0 Å². The minimum atomic E-state index is -1.96. The molecule has 2 aromatic carbocycles. The smallest absolute Gasteiger partial charge is 0.305 e. The van der Waals surface area contributed by atoms with E-state index >= 15 is 0 Å². The van der Waals surface area contributed by atoms with Crippen LogP contribution in [0.15, 0.2) is 81.1 Å². The number of allylic oxidation sites excluding steroid dienone is 10. The fourth-order valence-corrected chi connectivity index (χ4v) is 8.37. The molecule has 17 heteroatoms. The lowest BCUT2D eigenvalue weighted by Crippen LogP contribution is -2.65. The number of benzene rings is 2. The zero-order valence-electron chi connectivity index (χ0n) is 41.7. The van der Waals surface area contributed by atoms with Gasteiger partial charge in [-0.1, -0.05) is 85.9 Å². The van der Waals surface area contributed by atoms with E-state index < -0.39 is 91.8 Å². The van der Waals surface area contributed by atoms with E-state index in [0.717, 1.165) is 68.6 Å². The molecule has 0 unspecified atom stereocenters. The van der Waals surface area contributed by atoms with Gasteiger partial charge in [0, 0.05) is 23.6 Å². The van der Waals surface area contributed by atoms with Crippen LogP contribution in [0.25, 0.3) is 21.9 Å². The summed E-state index contributed by atoms with van der Waals surface area (Å²) in [6, 6.07) is 2.70. The van der Waals surface area contributed by atoms with Crippen LogP contribution in [-0.2, 0) is 36.6 Å².